The van der Waals surface area contributed by atoms with Gasteiger partial charge in [-0.3, -0.25) is 14.5 Å². The standard InChI is InChI=1S/C28H40N4O4/c1-19-16-30(17-20(2)36-19)18-23-12-14-31(15-13-23)28(34)24-6-8-25(9-7-24)32-22(4)26(21(3)29-32)10-11-27(33)35-5/h6-9,19-20,23H,10-18H2,1-5H3. The van der Waals surface area contributed by atoms with E-state index in [1.165, 1.54) is 7.11 Å². The molecule has 2 aromatic rings. The molecular formula is C28H40N4O4. The lowest BCUT2D eigenvalue weighted by Crippen LogP contribution is -2.48. The average molecular weight is 497 g/mol. The molecule has 2 atom stereocenters. The van der Waals surface area contributed by atoms with E-state index >= 15 is 0 Å². The first kappa shape index (κ1) is 26.4. The van der Waals surface area contributed by atoms with Gasteiger partial charge in [-0.05, 0) is 82.7 Å². The van der Waals surface area contributed by atoms with Crippen LogP contribution in [0.2, 0.25) is 0 Å². The van der Waals surface area contributed by atoms with E-state index < -0.39 is 0 Å². The molecule has 0 spiro atoms. The Morgan fingerprint density at radius 1 is 1.06 bits per heavy atom. The molecule has 2 fully saturated rings. The fourth-order valence-corrected chi connectivity index (χ4v) is 5.66. The van der Waals surface area contributed by atoms with Crippen molar-refractivity contribution in [3.8, 4) is 5.69 Å². The van der Waals surface area contributed by atoms with E-state index in [1.54, 1.807) is 0 Å². The van der Waals surface area contributed by atoms with E-state index in [1.807, 2.05) is 47.7 Å². The molecule has 2 unspecified atom stereocenters. The van der Waals surface area contributed by atoms with Gasteiger partial charge >= 0.3 is 5.97 Å². The second-order valence-electron chi connectivity index (χ2n) is 10.4. The molecular weight excluding hydrogens is 456 g/mol. The van der Waals surface area contributed by atoms with Crippen molar-refractivity contribution in [3.05, 3.63) is 46.8 Å². The van der Waals surface area contributed by atoms with Crippen LogP contribution in [-0.4, -0.2) is 83.5 Å². The van der Waals surface area contributed by atoms with Crippen molar-refractivity contribution < 1.29 is 19.1 Å². The quantitative estimate of drug-likeness (QED) is 0.546. The number of morpholine rings is 1. The van der Waals surface area contributed by atoms with Crippen LogP contribution in [0, 0.1) is 19.8 Å². The molecule has 1 aromatic heterocycles. The van der Waals surface area contributed by atoms with Crippen LogP contribution in [0.1, 0.15) is 60.4 Å². The minimum atomic E-state index is -0.223. The number of carbonyl (C=O) groups is 2. The van der Waals surface area contributed by atoms with Gasteiger partial charge in [0.05, 0.1) is 30.7 Å². The second-order valence-corrected chi connectivity index (χ2v) is 10.4. The minimum absolute atomic E-state index is 0.0979. The SMILES string of the molecule is COC(=O)CCc1c(C)nn(-c2ccc(C(=O)N3CCC(CN4CC(C)OC(C)C4)CC3)cc2)c1C. The minimum Gasteiger partial charge on any atom is -0.469 e. The number of likely N-dealkylation sites (tertiary alicyclic amines) is 1. The largest absolute Gasteiger partial charge is 0.469 e. The summed E-state index contributed by atoms with van der Waals surface area (Å²) in [6.45, 7) is 13.0. The van der Waals surface area contributed by atoms with Crippen LogP contribution in [0.4, 0.5) is 0 Å². The predicted molar refractivity (Wildman–Crippen MR) is 138 cm³/mol. The number of methoxy groups -OCH3 is 1. The second kappa shape index (κ2) is 11.6. The molecule has 4 rings (SSSR count). The third-order valence-corrected chi connectivity index (χ3v) is 7.52. The van der Waals surface area contributed by atoms with Crippen LogP contribution in [-0.2, 0) is 20.7 Å². The third kappa shape index (κ3) is 6.16. The van der Waals surface area contributed by atoms with Crippen molar-refractivity contribution in [2.24, 2.45) is 5.92 Å². The van der Waals surface area contributed by atoms with Gasteiger partial charge in [-0.15, -0.1) is 0 Å². The monoisotopic (exact) mass is 496 g/mol. The highest BCUT2D eigenvalue weighted by atomic mass is 16.5. The van der Waals surface area contributed by atoms with Gasteiger partial charge in [0, 0.05) is 50.4 Å². The van der Waals surface area contributed by atoms with Gasteiger partial charge in [0.25, 0.3) is 5.91 Å². The Morgan fingerprint density at radius 2 is 1.69 bits per heavy atom. The molecule has 2 aliphatic heterocycles. The van der Waals surface area contributed by atoms with E-state index in [9.17, 15) is 9.59 Å². The number of ether oxygens (including phenoxy) is 2. The summed E-state index contributed by atoms with van der Waals surface area (Å²) >= 11 is 0. The zero-order valence-corrected chi connectivity index (χ0v) is 22.3. The summed E-state index contributed by atoms with van der Waals surface area (Å²) in [6.07, 6.45) is 3.60. The number of benzene rings is 1. The normalized spacial score (nSPS) is 21.5. The summed E-state index contributed by atoms with van der Waals surface area (Å²) in [7, 11) is 1.41. The maximum absolute atomic E-state index is 13.2. The van der Waals surface area contributed by atoms with Crippen molar-refractivity contribution in [1.29, 1.82) is 0 Å². The Bertz CT molecular complexity index is 1050. The van der Waals surface area contributed by atoms with E-state index in [4.69, 9.17) is 9.47 Å². The van der Waals surface area contributed by atoms with Crippen LogP contribution in [0.3, 0.4) is 0 Å². The van der Waals surface area contributed by atoms with Gasteiger partial charge < -0.3 is 14.4 Å². The van der Waals surface area contributed by atoms with Gasteiger partial charge in [0.2, 0.25) is 0 Å². The zero-order valence-electron chi connectivity index (χ0n) is 22.3. The van der Waals surface area contributed by atoms with Crippen LogP contribution in [0.15, 0.2) is 24.3 Å². The van der Waals surface area contributed by atoms with Gasteiger partial charge in [0.15, 0.2) is 0 Å². The number of amides is 1. The molecule has 0 radical (unpaired) electrons. The van der Waals surface area contributed by atoms with E-state index in [2.05, 4.69) is 23.8 Å². The molecule has 2 aliphatic rings. The van der Waals surface area contributed by atoms with Crippen LogP contribution in [0.5, 0.6) is 0 Å². The summed E-state index contributed by atoms with van der Waals surface area (Å²) in [5, 5.41) is 4.67. The molecule has 0 N–H and O–H groups in total. The van der Waals surface area contributed by atoms with Crippen LogP contribution in [0.25, 0.3) is 5.69 Å². The zero-order chi connectivity index (χ0) is 25.8. The maximum atomic E-state index is 13.2. The Hall–Kier alpha value is -2.71. The lowest BCUT2D eigenvalue weighted by atomic mass is 9.95. The van der Waals surface area contributed by atoms with Gasteiger partial charge in [-0.1, -0.05) is 0 Å². The Balaban J connectivity index is 1.33. The molecule has 1 aromatic carbocycles. The van der Waals surface area contributed by atoms with Gasteiger partial charge in [0.1, 0.15) is 0 Å². The van der Waals surface area contributed by atoms with E-state index in [0.717, 1.165) is 68.2 Å². The predicted octanol–water partition coefficient (Wildman–Crippen LogP) is 3.56. The molecule has 0 saturated carbocycles. The van der Waals surface area contributed by atoms with Crippen molar-refractivity contribution in [2.75, 3.05) is 39.8 Å². The molecule has 8 nitrogen and oxygen atoms in total. The number of rotatable bonds is 7. The smallest absolute Gasteiger partial charge is 0.305 e. The number of hydrogen-bond acceptors (Lipinski definition) is 6. The molecule has 36 heavy (non-hydrogen) atoms. The maximum Gasteiger partial charge on any atom is 0.305 e. The number of aromatic nitrogens is 2. The number of aryl methyl sites for hydroxylation is 1. The summed E-state index contributed by atoms with van der Waals surface area (Å²) in [6, 6.07) is 7.68. The summed E-state index contributed by atoms with van der Waals surface area (Å²) < 4.78 is 12.5. The van der Waals surface area contributed by atoms with E-state index in [-0.39, 0.29) is 11.9 Å². The van der Waals surface area contributed by atoms with Crippen molar-refractivity contribution in [3.63, 3.8) is 0 Å². The third-order valence-electron chi connectivity index (χ3n) is 7.52. The summed E-state index contributed by atoms with van der Waals surface area (Å²) in [5.74, 6) is 0.507. The van der Waals surface area contributed by atoms with Crippen molar-refractivity contribution in [1.82, 2.24) is 19.6 Å². The number of esters is 1. The first-order valence-corrected chi connectivity index (χ1v) is 13.1. The Labute approximate surface area is 214 Å². The average Bonchev–Trinajstić information content (AvgIpc) is 3.15. The molecule has 8 heteroatoms. The Morgan fingerprint density at radius 3 is 2.31 bits per heavy atom. The number of nitrogens with zero attached hydrogens (tertiary/aromatic N) is 4. The summed E-state index contributed by atoms with van der Waals surface area (Å²) in [4.78, 5) is 29.2. The van der Waals surface area contributed by atoms with Crippen LogP contribution >= 0.6 is 0 Å². The van der Waals surface area contributed by atoms with E-state index in [0.29, 0.717) is 36.5 Å². The molecule has 196 valence electrons. The highest BCUT2D eigenvalue weighted by molar-refractivity contribution is 5.94. The highest BCUT2D eigenvalue weighted by Crippen LogP contribution is 2.24. The molecule has 0 aliphatic carbocycles. The van der Waals surface area contributed by atoms with Crippen LogP contribution < -0.4 is 0 Å². The van der Waals surface area contributed by atoms with Gasteiger partial charge in [-0.2, -0.15) is 5.10 Å². The van der Waals surface area contributed by atoms with Gasteiger partial charge in [-0.25, -0.2) is 4.68 Å². The number of hydrogen-bond donors (Lipinski definition) is 0. The number of carbonyl (C=O) groups excluding carboxylic acids is 2. The fourth-order valence-electron chi connectivity index (χ4n) is 5.66. The Kier molecular flexibility index (Phi) is 8.46. The fraction of sp³-hybridized carbons (Fsp3) is 0.607. The molecule has 1 amide bonds. The first-order chi connectivity index (χ1) is 17.2. The summed E-state index contributed by atoms with van der Waals surface area (Å²) in [5.41, 5.74) is 4.58. The molecule has 2 saturated heterocycles. The lowest BCUT2D eigenvalue weighted by molar-refractivity contribution is -0.140. The van der Waals surface area contributed by atoms with Crippen molar-refractivity contribution >= 4 is 11.9 Å². The number of piperidine rings is 1. The lowest BCUT2D eigenvalue weighted by Gasteiger charge is -2.39. The first-order valence-electron chi connectivity index (χ1n) is 13.1. The highest BCUT2D eigenvalue weighted by Gasteiger charge is 2.28. The topological polar surface area (TPSA) is 76.9 Å². The van der Waals surface area contributed by atoms with Crippen molar-refractivity contribution in [2.45, 2.75) is 65.6 Å². The molecule has 0 bridgehead atoms. The molecule has 3 heterocycles.